The number of hydrogen-bond acceptors (Lipinski definition) is 8. The SMILES string of the molecule is Cc1cncc(-c2nnc(NSN)n2-c2c(OC(C)F)cccc2OC(F)F)c1. The van der Waals surface area contributed by atoms with Gasteiger partial charge in [0, 0.05) is 37.0 Å². The lowest BCUT2D eigenvalue weighted by Crippen LogP contribution is -2.13. The molecule has 0 fully saturated rings. The maximum atomic E-state index is 13.6. The molecule has 0 amide bonds. The number of ether oxygens (including phenoxy) is 2. The van der Waals surface area contributed by atoms with Crippen LogP contribution in [0.1, 0.15) is 12.5 Å². The summed E-state index contributed by atoms with van der Waals surface area (Å²) < 4.78 is 53.6. The summed E-state index contributed by atoms with van der Waals surface area (Å²) in [6.07, 6.45) is 1.46. The van der Waals surface area contributed by atoms with Gasteiger partial charge < -0.3 is 9.47 Å². The highest BCUT2D eigenvalue weighted by Gasteiger charge is 2.25. The van der Waals surface area contributed by atoms with Crippen molar-refractivity contribution in [3.05, 3.63) is 42.2 Å². The highest BCUT2D eigenvalue weighted by molar-refractivity contribution is 7.98. The standard InChI is InChI=1S/C17H17F3N6O2S/c1-9-6-11(8-22-7-9)15-23-24-17(25-29-21)26(15)14-12(27-10(2)18)4-3-5-13(14)28-16(19)20/h3-8,10,16H,21H2,1-2H3,(H,24,25). The normalized spacial score (nSPS) is 12.1. The van der Waals surface area contributed by atoms with Gasteiger partial charge in [-0.05, 0) is 30.7 Å². The first-order chi connectivity index (χ1) is 13.9. The van der Waals surface area contributed by atoms with Crippen molar-refractivity contribution in [2.45, 2.75) is 26.8 Å². The number of anilines is 1. The summed E-state index contributed by atoms with van der Waals surface area (Å²) in [7, 11) is 0. The lowest BCUT2D eigenvalue weighted by molar-refractivity contribution is -0.0500. The Morgan fingerprint density at radius 3 is 2.48 bits per heavy atom. The number of aromatic nitrogens is 4. The number of halogens is 3. The predicted molar refractivity (Wildman–Crippen MR) is 103 cm³/mol. The van der Waals surface area contributed by atoms with E-state index in [0.29, 0.717) is 5.56 Å². The largest absolute Gasteiger partial charge is 0.458 e. The Kier molecular flexibility index (Phi) is 6.44. The van der Waals surface area contributed by atoms with E-state index in [0.717, 1.165) is 24.6 Å². The molecule has 29 heavy (non-hydrogen) atoms. The summed E-state index contributed by atoms with van der Waals surface area (Å²) in [4.78, 5) is 4.12. The fourth-order valence-electron chi connectivity index (χ4n) is 2.66. The summed E-state index contributed by atoms with van der Waals surface area (Å²) in [5, 5.41) is 13.6. The van der Waals surface area contributed by atoms with Gasteiger partial charge >= 0.3 is 6.61 Å². The molecule has 3 N–H and O–H groups in total. The minimum Gasteiger partial charge on any atom is -0.458 e. The number of pyridine rings is 1. The number of nitrogens with zero attached hydrogens (tertiary/aromatic N) is 4. The molecule has 0 bridgehead atoms. The van der Waals surface area contributed by atoms with Gasteiger partial charge in [-0.25, -0.2) is 4.39 Å². The monoisotopic (exact) mass is 426 g/mol. The number of para-hydroxylation sites is 1. The van der Waals surface area contributed by atoms with Gasteiger partial charge in [0.1, 0.15) is 5.69 Å². The number of rotatable bonds is 8. The van der Waals surface area contributed by atoms with Crippen LogP contribution in [0.5, 0.6) is 11.5 Å². The Labute approximate surface area is 168 Å². The third-order valence-corrected chi connectivity index (χ3v) is 3.94. The molecule has 2 heterocycles. The highest BCUT2D eigenvalue weighted by Crippen LogP contribution is 2.39. The fraction of sp³-hybridized carbons (Fsp3) is 0.235. The molecule has 0 aliphatic carbocycles. The molecule has 8 nitrogen and oxygen atoms in total. The maximum Gasteiger partial charge on any atom is 0.387 e. The lowest BCUT2D eigenvalue weighted by Gasteiger charge is -2.19. The molecule has 1 atom stereocenters. The molecule has 12 heteroatoms. The maximum absolute atomic E-state index is 13.6. The molecule has 154 valence electrons. The number of alkyl halides is 3. The summed E-state index contributed by atoms with van der Waals surface area (Å²) in [6.45, 7) is -0.122. The van der Waals surface area contributed by atoms with Crippen LogP contribution in [-0.2, 0) is 0 Å². The molecular formula is C17H17F3N6O2S. The fourth-order valence-corrected chi connectivity index (χ4v) is 2.90. The van der Waals surface area contributed by atoms with Gasteiger partial charge in [-0.1, -0.05) is 6.07 Å². The summed E-state index contributed by atoms with van der Waals surface area (Å²) in [5.41, 5.74) is 1.36. The van der Waals surface area contributed by atoms with E-state index >= 15 is 0 Å². The van der Waals surface area contributed by atoms with Crippen LogP contribution in [0, 0.1) is 6.92 Å². The van der Waals surface area contributed by atoms with Crippen molar-refractivity contribution in [2.24, 2.45) is 5.14 Å². The summed E-state index contributed by atoms with van der Waals surface area (Å²) in [5.74, 6) is 0.0184. The molecule has 0 spiro atoms. The first-order valence-corrected chi connectivity index (χ1v) is 9.16. The van der Waals surface area contributed by atoms with Crippen LogP contribution in [0.25, 0.3) is 17.1 Å². The average molecular weight is 426 g/mol. The number of hydrogen-bond donors (Lipinski definition) is 2. The smallest absolute Gasteiger partial charge is 0.387 e. The lowest BCUT2D eigenvalue weighted by atomic mass is 10.2. The average Bonchev–Trinajstić information content (AvgIpc) is 3.05. The minimum atomic E-state index is -3.12. The van der Waals surface area contributed by atoms with Gasteiger partial charge in [0.2, 0.25) is 12.3 Å². The zero-order chi connectivity index (χ0) is 21.0. The number of aryl methyl sites for hydroxylation is 1. The van der Waals surface area contributed by atoms with Crippen molar-refractivity contribution in [1.82, 2.24) is 19.7 Å². The van der Waals surface area contributed by atoms with Crippen LogP contribution in [0.3, 0.4) is 0 Å². The quantitative estimate of drug-likeness (QED) is 0.524. The molecule has 0 radical (unpaired) electrons. The third-order valence-electron chi connectivity index (χ3n) is 3.64. The van der Waals surface area contributed by atoms with Gasteiger partial charge in [0.05, 0.1) is 0 Å². The second-order valence-corrected chi connectivity index (χ2v) is 6.24. The van der Waals surface area contributed by atoms with E-state index in [2.05, 4.69) is 24.6 Å². The van der Waals surface area contributed by atoms with Gasteiger partial charge in [-0.2, -0.15) is 8.78 Å². The van der Waals surface area contributed by atoms with E-state index in [1.165, 1.54) is 29.0 Å². The van der Waals surface area contributed by atoms with Crippen molar-refractivity contribution in [3.8, 4) is 28.6 Å². The van der Waals surface area contributed by atoms with E-state index in [-0.39, 0.29) is 29.0 Å². The Morgan fingerprint density at radius 2 is 1.86 bits per heavy atom. The predicted octanol–water partition coefficient (Wildman–Crippen LogP) is 3.87. The number of benzene rings is 1. The van der Waals surface area contributed by atoms with Crippen LogP contribution in [0.2, 0.25) is 0 Å². The number of nitrogens with one attached hydrogen (secondary N) is 1. The van der Waals surface area contributed by atoms with Crippen LogP contribution in [0.15, 0.2) is 36.7 Å². The van der Waals surface area contributed by atoms with Crippen LogP contribution < -0.4 is 19.3 Å². The van der Waals surface area contributed by atoms with Crippen LogP contribution in [-0.4, -0.2) is 32.7 Å². The van der Waals surface area contributed by atoms with E-state index < -0.39 is 13.0 Å². The Bertz CT molecular complexity index is 957. The Hall–Kier alpha value is -2.99. The van der Waals surface area contributed by atoms with Crippen molar-refractivity contribution >= 4 is 18.1 Å². The van der Waals surface area contributed by atoms with E-state index in [9.17, 15) is 13.2 Å². The Balaban J connectivity index is 2.29. The van der Waals surface area contributed by atoms with Crippen molar-refractivity contribution in [1.29, 1.82) is 0 Å². The molecule has 0 saturated heterocycles. The van der Waals surface area contributed by atoms with Crippen LogP contribution in [0.4, 0.5) is 19.1 Å². The molecule has 3 rings (SSSR count). The third kappa shape index (κ3) is 4.71. The van der Waals surface area contributed by atoms with Crippen molar-refractivity contribution < 1.29 is 22.6 Å². The Morgan fingerprint density at radius 1 is 1.14 bits per heavy atom. The topological polar surface area (TPSA) is 100 Å². The van der Waals surface area contributed by atoms with Crippen molar-refractivity contribution in [3.63, 3.8) is 0 Å². The van der Waals surface area contributed by atoms with E-state index in [1.54, 1.807) is 12.3 Å². The first kappa shape index (κ1) is 20.7. The molecule has 3 aromatic rings. The highest BCUT2D eigenvalue weighted by atomic mass is 32.2. The first-order valence-electron chi connectivity index (χ1n) is 8.28. The zero-order valence-corrected chi connectivity index (χ0v) is 16.2. The summed E-state index contributed by atoms with van der Waals surface area (Å²) in [6, 6.07) is 5.90. The molecule has 1 unspecified atom stereocenters. The second-order valence-electron chi connectivity index (χ2n) is 5.80. The molecule has 0 saturated carbocycles. The molecule has 0 aliphatic heterocycles. The van der Waals surface area contributed by atoms with Crippen LogP contribution >= 0.6 is 12.1 Å². The molecular weight excluding hydrogens is 409 g/mol. The molecule has 2 aromatic heterocycles. The van der Waals surface area contributed by atoms with E-state index in [1.807, 2.05) is 6.92 Å². The molecule has 0 aliphatic rings. The second kappa shape index (κ2) is 9.01. The van der Waals surface area contributed by atoms with Crippen molar-refractivity contribution in [2.75, 3.05) is 4.72 Å². The minimum absolute atomic E-state index is 0.0182. The summed E-state index contributed by atoms with van der Waals surface area (Å²) >= 11 is 0.722. The van der Waals surface area contributed by atoms with Gasteiger partial charge in [0.25, 0.3) is 0 Å². The van der Waals surface area contributed by atoms with Gasteiger partial charge in [-0.15, -0.1) is 10.2 Å². The van der Waals surface area contributed by atoms with E-state index in [4.69, 9.17) is 9.88 Å². The van der Waals surface area contributed by atoms with Gasteiger partial charge in [-0.3, -0.25) is 19.4 Å². The molecule has 1 aromatic carbocycles. The van der Waals surface area contributed by atoms with Gasteiger partial charge in [0.15, 0.2) is 17.3 Å². The zero-order valence-electron chi connectivity index (χ0n) is 15.3. The number of nitrogens with two attached hydrogens (primary N) is 1.